The Morgan fingerprint density at radius 3 is 2.33 bits per heavy atom. The standard InChI is InChI=1S/C17H30N4O2.HI/c1-7-18-17(19-11-15-10-13(4)23-14(15)5)20(6)12-16(22)21(8-2)9-3;/h10H,7-9,11-12H2,1-6H3,(H,18,19);1H. The fourth-order valence-electron chi connectivity index (χ4n) is 2.42. The number of nitrogens with zero attached hydrogens (tertiary/aromatic N) is 3. The van der Waals surface area contributed by atoms with Crippen molar-refractivity contribution < 1.29 is 9.21 Å². The predicted molar refractivity (Wildman–Crippen MR) is 109 cm³/mol. The summed E-state index contributed by atoms with van der Waals surface area (Å²) in [7, 11) is 1.89. The van der Waals surface area contributed by atoms with Gasteiger partial charge in [-0.15, -0.1) is 24.0 Å². The molecule has 138 valence electrons. The van der Waals surface area contributed by atoms with Crippen molar-refractivity contribution in [2.75, 3.05) is 33.2 Å². The van der Waals surface area contributed by atoms with Gasteiger partial charge in [0.15, 0.2) is 5.96 Å². The van der Waals surface area contributed by atoms with Crippen LogP contribution in [0.3, 0.4) is 0 Å². The minimum Gasteiger partial charge on any atom is -0.466 e. The second kappa shape index (κ2) is 11.3. The number of furan rings is 1. The van der Waals surface area contributed by atoms with Crippen LogP contribution in [0.1, 0.15) is 37.9 Å². The SMILES string of the molecule is CCNC(=NCc1cc(C)oc1C)N(C)CC(=O)N(CC)CC.I. The molecule has 1 aromatic rings. The predicted octanol–water partition coefficient (Wildman–Crippen LogP) is 2.78. The molecule has 0 bridgehead atoms. The smallest absolute Gasteiger partial charge is 0.242 e. The maximum Gasteiger partial charge on any atom is 0.242 e. The molecule has 0 aromatic carbocycles. The topological polar surface area (TPSA) is 61.1 Å². The second-order valence-electron chi connectivity index (χ2n) is 5.53. The van der Waals surface area contributed by atoms with Crippen LogP contribution in [0.15, 0.2) is 15.5 Å². The van der Waals surface area contributed by atoms with Crippen LogP contribution < -0.4 is 5.32 Å². The Morgan fingerprint density at radius 1 is 1.25 bits per heavy atom. The summed E-state index contributed by atoms with van der Waals surface area (Å²) in [6, 6.07) is 2.00. The molecule has 0 saturated carbocycles. The van der Waals surface area contributed by atoms with E-state index >= 15 is 0 Å². The van der Waals surface area contributed by atoms with Crippen molar-refractivity contribution in [3.63, 3.8) is 0 Å². The molecule has 7 heteroatoms. The van der Waals surface area contributed by atoms with E-state index < -0.39 is 0 Å². The number of guanidine groups is 1. The van der Waals surface area contributed by atoms with E-state index in [1.807, 2.05) is 57.5 Å². The fraction of sp³-hybridized carbons (Fsp3) is 0.647. The number of amides is 1. The molecule has 24 heavy (non-hydrogen) atoms. The van der Waals surface area contributed by atoms with Crippen LogP contribution in [-0.2, 0) is 11.3 Å². The summed E-state index contributed by atoms with van der Waals surface area (Å²) in [5.41, 5.74) is 1.07. The number of carbonyl (C=O) groups is 1. The monoisotopic (exact) mass is 450 g/mol. The summed E-state index contributed by atoms with van der Waals surface area (Å²) in [6.07, 6.45) is 0. The second-order valence-corrected chi connectivity index (χ2v) is 5.53. The average Bonchev–Trinajstić information content (AvgIpc) is 2.82. The van der Waals surface area contributed by atoms with E-state index in [1.54, 1.807) is 0 Å². The number of aryl methyl sites for hydroxylation is 2. The van der Waals surface area contributed by atoms with Gasteiger partial charge < -0.3 is 19.5 Å². The Kier molecular flexibility index (Phi) is 10.7. The van der Waals surface area contributed by atoms with Gasteiger partial charge in [0.1, 0.15) is 11.5 Å². The highest BCUT2D eigenvalue weighted by molar-refractivity contribution is 14.0. The molecule has 0 fully saturated rings. The van der Waals surface area contributed by atoms with E-state index in [0.717, 1.165) is 42.7 Å². The lowest BCUT2D eigenvalue weighted by molar-refractivity contribution is -0.131. The molecule has 0 aliphatic carbocycles. The van der Waals surface area contributed by atoms with Gasteiger partial charge in [0.2, 0.25) is 5.91 Å². The Labute approximate surface area is 162 Å². The van der Waals surface area contributed by atoms with Crippen LogP contribution in [0.25, 0.3) is 0 Å². The molecule has 0 aliphatic rings. The third kappa shape index (κ3) is 6.70. The van der Waals surface area contributed by atoms with E-state index in [1.165, 1.54) is 0 Å². The minimum atomic E-state index is 0. The van der Waals surface area contributed by atoms with Crippen molar-refractivity contribution in [1.29, 1.82) is 0 Å². The summed E-state index contributed by atoms with van der Waals surface area (Å²) >= 11 is 0. The first-order valence-electron chi connectivity index (χ1n) is 8.25. The zero-order valence-electron chi connectivity index (χ0n) is 15.7. The first-order chi connectivity index (χ1) is 10.9. The molecule has 0 unspecified atom stereocenters. The van der Waals surface area contributed by atoms with Crippen LogP contribution in [0.4, 0.5) is 0 Å². The molecular formula is C17H31IN4O2. The summed E-state index contributed by atoms with van der Waals surface area (Å²) in [6.45, 7) is 12.9. The molecule has 1 heterocycles. The highest BCUT2D eigenvalue weighted by Gasteiger charge is 2.15. The third-order valence-corrected chi connectivity index (χ3v) is 3.73. The van der Waals surface area contributed by atoms with E-state index in [4.69, 9.17) is 4.42 Å². The maximum absolute atomic E-state index is 12.2. The van der Waals surface area contributed by atoms with Gasteiger partial charge in [-0.25, -0.2) is 4.99 Å². The van der Waals surface area contributed by atoms with Crippen molar-refractivity contribution in [3.8, 4) is 0 Å². The quantitative estimate of drug-likeness (QED) is 0.394. The molecule has 0 atom stereocenters. The Morgan fingerprint density at radius 2 is 1.88 bits per heavy atom. The van der Waals surface area contributed by atoms with E-state index in [9.17, 15) is 4.79 Å². The van der Waals surface area contributed by atoms with Crippen molar-refractivity contribution in [2.45, 2.75) is 41.2 Å². The van der Waals surface area contributed by atoms with Crippen LogP contribution >= 0.6 is 24.0 Å². The van der Waals surface area contributed by atoms with Gasteiger partial charge >= 0.3 is 0 Å². The Bertz CT molecular complexity index is 539. The molecule has 1 amide bonds. The number of nitrogens with one attached hydrogen (secondary N) is 1. The van der Waals surface area contributed by atoms with Crippen molar-refractivity contribution >= 4 is 35.8 Å². The lowest BCUT2D eigenvalue weighted by Crippen LogP contribution is -2.45. The number of hydrogen-bond donors (Lipinski definition) is 1. The number of likely N-dealkylation sites (N-methyl/N-ethyl adjacent to an activating group) is 2. The van der Waals surface area contributed by atoms with Gasteiger partial charge in [-0.3, -0.25) is 4.79 Å². The maximum atomic E-state index is 12.2. The van der Waals surface area contributed by atoms with E-state index in [2.05, 4.69) is 10.3 Å². The number of halogens is 1. The van der Waals surface area contributed by atoms with Gasteiger partial charge in [0, 0.05) is 32.2 Å². The highest BCUT2D eigenvalue weighted by atomic mass is 127. The number of carbonyl (C=O) groups excluding carboxylic acids is 1. The van der Waals surface area contributed by atoms with Crippen molar-refractivity contribution in [2.24, 2.45) is 4.99 Å². The third-order valence-electron chi connectivity index (χ3n) is 3.73. The van der Waals surface area contributed by atoms with Gasteiger partial charge in [-0.05, 0) is 40.7 Å². The molecule has 0 spiro atoms. The minimum absolute atomic E-state index is 0. The molecule has 0 radical (unpaired) electrons. The van der Waals surface area contributed by atoms with Gasteiger partial charge in [-0.2, -0.15) is 0 Å². The van der Waals surface area contributed by atoms with Crippen molar-refractivity contribution in [1.82, 2.24) is 15.1 Å². The molecular weight excluding hydrogens is 419 g/mol. The van der Waals surface area contributed by atoms with Crippen LogP contribution in [-0.4, -0.2) is 54.9 Å². The van der Waals surface area contributed by atoms with E-state index in [-0.39, 0.29) is 29.9 Å². The molecule has 1 rings (SSSR count). The number of hydrogen-bond acceptors (Lipinski definition) is 3. The largest absolute Gasteiger partial charge is 0.466 e. The van der Waals surface area contributed by atoms with Crippen LogP contribution in [0.2, 0.25) is 0 Å². The number of aliphatic imine (C=N–C) groups is 1. The zero-order chi connectivity index (χ0) is 17.4. The number of rotatable bonds is 7. The molecule has 6 nitrogen and oxygen atoms in total. The highest BCUT2D eigenvalue weighted by Crippen LogP contribution is 2.14. The lowest BCUT2D eigenvalue weighted by Gasteiger charge is -2.25. The summed E-state index contributed by atoms with van der Waals surface area (Å²) in [5.74, 6) is 2.62. The van der Waals surface area contributed by atoms with Gasteiger partial charge in [-0.1, -0.05) is 0 Å². The molecule has 1 N–H and O–H groups in total. The van der Waals surface area contributed by atoms with Crippen LogP contribution in [0, 0.1) is 13.8 Å². The lowest BCUT2D eigenvalue weighted by atomic mass is 10.2. The Balaban J connectivity index is 0.00000529. The van der Waals surface area contributed by atoms with Gasteiger partial charge in [0.05, 0.1) is 13.1 Å². The molecule has 1 aromatic heterocycles. The normalized spacial score (nSPS) is 11.0. The Hall–Kier alpha value is -1.25. The fourth-order valence-corrected chi connectivity index (χ4v) is 2.42. The molecule has 0 saturated heterocycles. The average molecular weight is 450 g/mol. The molecule has 0 aliphatic heterocycles. The van der Waals surface area contributed by atoms with Crippen molar-refractivity contribution in [3.05, 3.63) is 23.2 Å². The zero-order valence-corrected chi connectivity index (χ0v) is 18.0. The van der Waals surface area contributed by atoms with E-state index in [0.29, 0.717) is 13.1 Å². The van der Waals surface area contributed by atoms with Crippen LogP contribution in [0.5, 0.6) is 0 Å². The first-order valence-corrected chi connectivity index (χ1v) is 8.25. The summed E-state index contributed by atoms with van der Waals surface area (Å²) < 4.78 is 5.53. The van der Waals surface area contributed by atoms with Gasteiger partial charge in [0.25, 0.3) is 0 Å². The summed E-state index contributed by atoms with van der Waals surface area (Å²) in [5, 5.41) is 3.23. The first kappa shape index (κ1) is 22.8. The summed E-state index contributed by atoms with van der Waals surface area (Å²) in [4.78, 5) is 20.6.